The lowest BCUT2D eigenvalue weighted by Crippen LogP contribution is -2.27. The monoisotopic (exact) mass is 210 g/mol. The molecule has 0 bridgehead atoms. The van der Waals surface area contributed by atoms with E-state index in [0.717, 1.165) is 25.1 Å². The first kappa shape index (κ1) is 11.7. The van der Waals surface area contributed by atoms with Crippen LogP contribution in [0.25, 0.3) is 0 Å². The van der Waals surface area contributed by atoms with Crippen molar-refractivity contribution in [3.63, 3.8) is 0 Å². The Bertz CT molecular complexity index is 308. The number of hydrogen-bond donors (Lipinski definition) is 3. The van der Waals surface area contributed by atoms with Gasteiger partial charge in [-0.05, 0) is 13.0 Å². The lowest BCUT2D eigenvalue weighted by molar-refractivity contribution is -0.115. The number of nitrogens with zero attached hydrogens (tertiary/aromatic N) is 1. The molecule has 5 heteroatoms. The van der Waals surface area contributed by atoms with E-state index in [9.17, 15) is 4.79 Å². The highest BCUT2D eigenvalue weighted by atomic mass is 16.2. The maximum atomic E-state index is 11.3. The lowest BCUT2D eigenvalue weighted by atomic mass is 10.2. The molecule has 0 spiro atoms. The first-order valence-corrected chi connectivity index (χ1v) is 5.31. The van der Waals surface area contributed by atoms with Crippen LogP contribution < -0.4 is 10.6 Å². The van der Waals surface area contributed by atoms with Crippen LogP contribution in [0.15, 0.2) is 6.07 Å². The predicted octanol–water partition coefficient (Wildman–Crippen LogP) is 0.910. The highest BCUT2D eigenvalue weighted by molar-refractivity contribution is 5.91. The zero-order valence-electron chi connectivity index (χ0n) is 9.26. The zero-order valence-corrected chi connectivity index (χ0v) is 9.26. The summed E-state index contributed by atoms with van der Waals surface area (Å²) in [6, 6.07) is 1.87. The molecule has 0 aromatic carbocycles. The van der Waals surface area contributed by atoms with Crippen molar-refractivity contribution in [2.24, 2.45) is 0 Å². The number of aryl methyl sites for hydroxylation is 1. The largest absolute Gasteiger partial charge is 0.309 e. The Labute approximate surface area is 89.6 Å². The highest BCUT2D eigenvalue weighted by Crippen LogP contribution is 2.06. The normalized spacial score (nSPS) is 10.3. The molecule has 1 aromatic rings. The fraction of sp³-hybridized carbons (Fsp3) is 0.600. The van der Waals surface area contributed by atoms with Crippen LogP contribution >= 0.6 is 0 Å². The molecule has 1 rings (SSSR count). The summed E-state index contributed by atoms with van der Waals surface area (Å²) in [5.74, 6) is 0.535. The first-order chi connectivity index (χ1) is 7.26. The SMILES string of the molecule is CCCc1cc(NC(=O)CNCC)n[nH]1. The summed E-state index contributed by atoms with van der Waals surface area (Å²) in [6.07, 6.45) is 2.02. The number of hydrogen-bond acceptors (Lipinski definition) is 3. The van der Waals surface area contributed by atoms with Crippen molar-refractivity contribution >= 4 is 11.7 Å². The number of aromatic nitrogens is 2. The fourth-order valence-corrected chi connectivity index (χ4v) is 1.25. The van der Waals surface area contributed by atoms with Gasteiger partial charge in [0, 0.05) is 11.8 Å². The molecule has 0 unspecified atom stereocenters. The lowest BCUT2D eigenvalue weighted by Gasteiger charge is -2.00. The van der Waals surface area contributed by atoms with E-state index in [-0.39, 0.29) is 5.91 Å². The van der Waals surface area contributed by atoms with Crippen molar-refractivity contribution in [3.05, 3.63) is 11.8 Å². The Kier molecular flexibility index (Phi) is 4.83. The second-order valence-electron chi connectivity index (χ2n) is 3.36. The maximum absolute atomic E-state index is 11.3. The molecule has 0 aliphatic rings. The van der Waals surface area contributed by atoms with Gasteiger partial charge in [0.1, 0.15) is 0 Å². The van der Waals surface area contributed by atoms with E-state index in [1.807, 2.05) is 13.0 Å². The molecule has 0 saturated heterocycles. The Morgan fingerprint density at radius 3 is 3.00 bits per heavy atom. The average molecular weight is 210 g/mol. The third-order valence-electron chi connectivity index (χ3n) is 1.95. The van der Waals surface area contributed by atoms with Crippen LogP contribution in [0.2, 0.25) is 0 Å². The maximum Gasteiger partial charge on any atom is 0.239 e. The van der Waals surface area contributed by atoms with E-state index in [0.29, 0.717) is 12.4 Å². The second kappa shape index (κ2) is 6.19. The number of nitrogens with one attached hydrogen (secondary N) is 3. The molecule has 0 aliphatic heterocycles. The number of aromatic amines is 1. The smallest absolute Gasteiger partial charge is 0.239 e. The van der Waals surface area contributed by atoms with E-state index >= 15 is 0 Å². The Morgan fingerprint density at radius 1 is 1.53 bits per heavy atom. The van der Waals surface area contributed by atoms with Crippen molar-refractivity contribution in [2.75, 3.05) is 18.4 Å². The van der Waals surface area contributed by atoms with Gasteiger partial charge in [0.25, 0.3) is 0 Å². The van der Waals surface area contributed by atoms with Crippen molar-refractivity contribution in [3.8, 4) is 0 Å². The fourth-order valence-electron chi connectivity index (χ4n) is 1.25. The third kappa shape index (κ3) is 4.12. The van der Waals surface area contributed by atoms with Crippen LogP contribution in [-0.2, 0) is 11.2 Å². The molecule has 0 fully saturated rings. The quantitative estimate of drug-likeness (QED) is 0.653. The summed E-state index contributed by atoms with van der Waals surface area (Å²) in [5.41, 5.74) is 1.05. The number of anilines is 1. The van der Waals surface area contributed by atoms with Crippen LogP contribution in [-0.4, -0.2) is 29.2 Å². The van der Waals surface area contributed by atoms with E-state index in [1.165, 1.54) is 0 Å². The molecule has 0 radical (unpaired) electrons. The number of amides is 1. The van der Waals surface area contributed by atoms with Gasteiger partial charge in [-0.1, -0.05) is 20.3 Å². The molecule has 0 aliphatic carbocycles. The number of likely N-dealkylation sites (N-methyl/N-ethyl adjacent to an activating group) is 1. The van der Waals surface area contributed by atoms with Crippen LogP contribution in [0, 0.1) is 0 Å². The van der Waals surface area contributed by atoms with Gasteiger partial charge in [0.2, 0.25) is 5.91 Å². The summed E-state index contributed by atoms with van der Waals surface area (Å²) in [4.78, 5) is 11.3. The van der Waals surface area contributed by atoms with E-state index in [1.54, 1.807) is 0 Å². The number of carbonyl (C=O) groups excluding carboxylic acids is 1. The number of carbonyl (C=O) groups is 1. The summed E-state index contributed by atoms with van der Waals surface area (Å²) in [7, 11) is 0. The van der Waals surface area contributed by atoms with Crippen molar-refractivity contribution < 1.29 is 4.79 Å². The summed E-state index contributed by atoms with van der Waals surface area (Å²) in [5, 5.41) is 12.5. The van der Waals surface area contributed by atoms with E-state index in [4.69, 9.17) is 0 Å². The molecule has 3 N–H and O–H groups in total. The average Bonchev–Trinajstić information content (AvgIpc) is 2.63. The first-order valence-electron chi connectivity index (χ1n) is 5.31. The van der Waals surface area contributed by atoms with Crippen LogP contribution in [0.3, 0.4) is 0 Å². The molecule has 84 valence electrons. The number of H-pyrrole nitrogens is 1. The van der Waals surface area contributed by atoms with Crippen LogP contribution in [0.5, 0.6) is 0 Å². The Balaban J connectivity index is 2.39. The molecular weight excluding hydrogens is 192 g/mol. The van der Waals surface area contributed by atoms with Gasteiger partial charge in [-0.25, -0.2) is 0 Å². The summed E-state index contributed by atoms with van der Waals surface area (Å²) in [6.45, 7) is 5.17. The van der Waals surface area contributed by atoms with Crippen LogP contribution in [0.1, 0.15) is 26.0 Å². The minimum Gasteiger partial charge on any atom is -0.309 e. The molecule has 1 amide bonds. The molecule has 0 atom stereocenters. The molecule has 1 heterocycles. The summed E-state index contributed by atoms with van der Waals surface area (Å²) >= 11 is 0. The van der Waals surface area contributed by atoms with Gasteiger partial charge < -0.3 is 10.6 Å². The minimum absolute atomic E-state index is 0.0635. The summed E-state index contributed by atoms with van der Waals surface area (Å²) < 4.78 is 0. The standard InChI is InChI=1S/C10H18N4O/c1-3-5-8-6-9(14-13-8)12-10(15)7-11-4-2/h6,11H,3-5,7H2,1-2H3,(H2,12,13,14,15). The van der Waals surface area contributed by atoms with Gasteiger partial charge in [0.05, 0.1) is 6.54 Å². The Hall–Kier alpha value is -1.36. The van der Waals surface area contributed by atoms with Gasteiger partial charge in [-0.2, -0.15) is 5.10 Å². The van der Waals surface area contributed by atoms with Gasteiger partial charge in [-0.3, -0.25) is 9.89 Å². The van der Waals surface area contributed by atoms with Gasteiger partial charge in [0.15, 0.2) is 5.82 Å². The van der Waals surface area contributed by atoms with E-state index < -0.39 is 0 Å². The number of rotatable bonds is 6. The minimum atomic E-state index is -0.0635. The van der Waals surface area contributed by atoms with Crippen molar-refractivity contribution in [2.45, 2.75) is 26.7 Å². The molecular formula is C10H18N4O. The Morgan fingerprint density at radius 2 is 2.33 bits per heavy atom. The van der Waals surface area contributed by atoms with Gasteiger partial charge in [-0.15, -0.1) is 0 Å². The molecule has 15 heavy (non-hydrogen) atoms. The molecule has 0 saturated carbocycles. The molecule has 5 nitrogen and oxygen atoms in total. The highest BCUT2D eigenvalue weighted by Gasteiger charge is 2.04. The van der Waals surface area contributed by atoms with Gasteiger partial charge >= 0.3 is 0 Å². The third-order valence-corrected chi connectivity index (χ3v) is 1.95. The van der Waals surface area contributed by atoms with E-state index in [2.05, 4.69) is 27.8 Å². The topological polar surface area (TPSA) is 69.8 Å². The molecule has 1 aromatic heterocycles. The van der Waals surface area contributed by atoms with Crippen molar-refractivity contribution in [1.29, 1.82) is 0 Å². The second-order valence-corrected chi connectivity index (χ2v) is 3.36. The van der Waals surface area contributed by atoms with Crippen molar-refractivity contribution in [1.82, 2.24) is 15.5 Å². The van der Waals surface area contributed by atoms with Crippen LogP contribution in [0.4, 0.5) is 5.82 Å². The predicted molar refractivity (Wildman–Crippen MR) is 59.8 cm³/mol. The zero-order chi connectivity index (χ0) is 11.1.